The van der Waals surface area contributed by atoms with Crippen molar-refractivity contribution in [1.29, 1.82) is 0 Å². The summed E-state index contributed by atoms with van der Waals surface area (Å²) >= 11 is 0. The molecule has 5 nitrogen and oxygen atoms in total. The largest absolute Gasteiger partial charge is 0.506 e. The summed E-state index contributed by atoms with van der Waals surface area (Å²) in [6, 6.07) is 1.40. The summed E-state index contributed by atoms with van der Waals surface area (Å²) in [5.74, 6) is -0.258. The van der Waals surface area contributed by atoms with Gasteiger partial charge < -0.3 is 5.11 Å². The normalized spacial score (nSPS) is 15.6. The Labute approximate surface area is 83.8 Å². The number of nitrogens with zero attached hydrogens (tertiary/aromatic N) is 3. The zero-order chi connectivity index (χ0) is 10.4. The molecule has 1 aromatic carbocycles. The first-order chi connectivity index (χ1) is 7.27. The molecule has 3 rings (SSSR count). The smallest absolute Gasteiger partial charge is 0.204 e. The maximum Gasteiger partial charge on any atom is 0.204 e. The molecule has 72 valence electrons. The molecule has 0 amide bonds. The topological polar surface area (TPSA) is 74.4 Å². The molecular formula is C10H5N3O2. The van der Waals surface area contributed by atoms with E-state index in [1.165, 1.54) is 18.6 Å². The molecule has 2 heterocycles. The van der Waals surface area contributed by atoms with Gasteiger partial charge in [0.25, 0.3) is 0 Å². The van der Waals surface area contributed by atoms with Crippen LogP contribution in [0.15, 0.2) is 21.0 Å². The van der Waals surface area contributed by atoms with E-state index in [9.17, 15) is 9.90 Å². The van der Waals surface area contributed by atoms with E-state index in [4.69, 9.17) is 0 Å². The van der Waals surface area contributed by atoms with Gasteiger partial charge in [-0.3, -0.25) is 9.79 Å². The number of phenols is 1. The number of carbonyl (C=O) groups is 1. The van der Waals surface area contributed by atoms with Crippen molar-refractivity contribution in [3.63, 3.8) is 0 Å². The molecular weight excluding hydrogens is 194 g/mol. The maximum absolute atomic E-state index is 11.5. The van der Waals surface area contributed by atoms with Crippen molar-refractivity contribution in [2.45, 2.75) is 0 Å². The molecule has 0 saturated heterocycles. The molecule has 0 aliphatic carbocycles. The van der Waals surface area contributed by atoms with Gasteiger partial charge in [-0.2, -0.15) is 0 Å². The third kappa shape index (κ3) is 0.969. The number of benzene rings is 1. The SMILES string of the molecule is O=C1C=NC=c2c1cc(O)c1c2=NC=N1. The molecule has 1 N–H and O–H groups in total. The zero-order valence-electron chi connectivity index (χ0n) is 7.51. The summed E-state index contributed by atoms with van der Waals surface area (Å²) in [5.41, 5.74) is 0.811. The fourth-order valence-electron chi connectivity index (χ4n) is 1.65. The Morgan fingerprint density at radius 3 is 3.07 bits per heavy atom. The molecule has 0 unspecified atom stereocenters. The van der Waals surface area contributed by atoms with Crippen LogP contribution in [0.2, 0.25) is 0 Å². The average molecular weight is 199 g/mol. The minimum absolute atomic E-state index is 0.0294. The number of ketones is 1. The molecule has 0 spiro atoms. The van der Waals surface area contributed by atoms with Crippen molar-refractivity contribution >= 4 is 30.2 Å². The number of aromatic hydroxyl groups is 1. The monoisotopic (exact) mass is 199 g/mol. The quantitative estimate of drug-likeness (QED) is 0.622. The van der Waals surface area contributed by atoms with Gasteiger partial charge in [0.1, 0.15) is 23.1 Å². The van der Waals surface area contributed by atoms with Crippen LogP contribution in [0.25, 0.3) is 6.20 Å². The Bertz CT molecular complexity index is 656. The van der Waals surface area contributed by atoms with Crippen LogP contribution in [0, 0.1) is 0 Å². The van der Waals surface area contributed by atoms with E-state index in [1.54, 1.807) is 6.20 Å². The third-order valence-corrected chi connectivity index (χ3v) is 2.33. The van der Waals surface area contributed by atoms with Gasteiger partial charge in [-0.05, 0) is 6.07 Å². The second-order valence-electron chi connectivity index (χ2n) is 3.20. The number of aliphatic imine (C=N–C) groups is 2. The molecule has 0 atom stereocenters. The van der Waals surface area contributed by atoms with Crippen molar-refractivity contribution in [2.24, 2.45) is 15.0 Å². The molecule has 1 aromatic rings. The van der Waals surface area contributed by atoms with E-state index >= 15 is 0 Å². The standard InChI is InChI=1S/C10H5N3O2/c14-7-1-5-6(2-11-3-8(5)15)9-10(7)13-4-12-9/h1-4,14H. The van der Waals surface area contributed by atoms with Crippen LogP contribution in [0.5, 0.6) is 5.75 Å². The van der Waals surface area contributed by atoms with Gasteiger partial charge in [0, 0.05) is 17.0 Å². The van der Waals surface area contributed by atoms with Gasteiger partial charge in [0.05, 0.1) is 6.21 Å². The number of hydrogen-bond donors (Lipinski definition) is 1. The van der Waals surface area contributed by atoms with E-state index < -0.39 is 0 Å². The van der Waals surface area contributed by atoms with Crippen molar-refractivity contribution in [3.05, 3.63) is 22.2 Å². The molecule has 15 heavy (non-hydrogen) atoms. The van der Waals surface area contributed by atoms with Crippen molar-refractivity contribution in [2.75, 3.05) is 0 Å². The molecule has 0 radical (unpaired) electrons. The molecule has 2 aliphatic heterocycles. The maximum atomic E-state index is 11.5. The van der Waals surface area contributed by atoms with Crippen molar-refractivity contribution in [3.8, 4) is 5.75 Å². The predicted molar refractivity (Wildman–Crippen MR) is 54.3 cm³/mol. The number of fused-ring (bicyclic) bond motifs is 3. The highest BCUT2D eigenvalue weighted by Crippen LogP contribution is 2.22. The van der Waals surface area contributed by atoms with Crippen molar-refractivity contribution in [1.82, 2.24) is 0 Å². The third-order valence-electron chi connectivity index (χ3n) is 2.33. The summed E-state index contributed by atoms with van der Waals surface area (Å²) in [7, 11) is 0. The molecule has 0 aromatic heterocycles. The minimum atomic E-state index is -0.229. The lowest BCUT2D eigenvalue weighted by molar-refractivity contribution is 0.106. The molecule has 5 heteroatoms. The van der Waals surface area contributed by atoms with Gasteiger partial charge >= 0.3 is 0 Å². The second kappa shape index (κ2) is 2.60. The first-order valence-corrected chi connectivity index (χ1v) is 4.31. The fraction of sp³-hybridized carbons (Fsp3) is 0. The van der Waals surface area contributed by atoms with Crippen LogP contribution in [0.1, 0.15) is 10.4 Å². The highest BCUT2D eigenvalue weighted by atomic mass is 16.3. The van der Waals surface area contributed by atoms with Crippen LogP contribution in [-0.2, 0) is 0 Å². The Balaban J connectivity index is 2.55. The lowest BCUT2D eigenvalue weighted by atomic mass is 10.1. The first kappa shape index (κ1) is 8.05. The Morgan fingerprint density at radius 1 is 1.33 bits per heavy atom. The summed E-state index contributed by atoms with van der Waals surface area (Å²) in [5, 5.41) is 10.7. The van der Waals surface area contributed by atoms with Crippen LogP contribution < -0.4 is 10.6 Å². The summed E-state index contributed by atoms with van der Waals surface area (Å²) in [6.07, 6.45) is 4.11. The molecule has 2 aliphatic rings. The van der Waals surface area contributed by atoms with Crippen molar-refractivity contribution < 1.29 is 9.90 Å². The van der Waals surface area contributed by atoms with Gasteiger partial charge in [-0.15, -0.1) is 0 Å². The highest BCUT2D eigenvalue weighted by molar-refractivity contribution is 6.36. The Kier molecular flexibility index (Phi) is 1.39. The van der Waals surface area contributed by atoms with E-state index in [2.05, 4.69) is 15.0 Å². The number of carbonyl (C=O) groups excluding carboxylic acids is 1. The van der Waals surface area contributed by atoms with E-state index in [-0.39, 0.29) is 11.5 Å². The Morgan fingerprint density at radius 2 is 2.20 bits per heavy atom. The van der Waals surface area contributed by atoms with Crippen LogP contribution in [-0.4, -0.2) is 23.4 Å². The zero-order valence-corrected chi connectivity index (χ0v) is 7.51. The summed E-state index contributed by atoms with van der Waals surface area (Å²) in [6.45, 7) is 0. The average Bonchev–Trinajstić information content (AvgIpc) is 2.69. The van der Waals surface area contributed by atoms with Crippen LogP contribution in [0.4, 0.5) is 5.69 Å². The predicted octanol–water partition coefficient (Wildman–Crippen LogP) is -0.310. The number of phenolic OH excluding ortho intramolecular Hbond substituents is 1. The van der Waals surface area contributed by atoms with E-state index in [0.717, 1.165) is 0 Å². The lowest BCUT2D eigenvalue weighted by Gasteiger charge is -2.04. The van der Waals surface area contributed by atoms with Gasteiger partial charge in [-0.25, -0.2) is 9.98 Å². The number of hydrogen-bond acceptors (Lipinski definition) is 5. The Hall–Kier alpha value is -2.30. The van der Waals surface area contributed by atoms with Crippen LogP contribution in [0.3, 0.4) is 0 Å². The number of Topliss-reactive ketones (excluding diaryl/α,β-unsaturated/α-hetero) is 1. The van der Waals surface area contributed by atoms with E-state index in [0.29, 0.717) is 21.8 Å². The van der Waals surface area contributed by atoms with Gasteiger partial charge in [-0.1, -0.05) is 0 Å². The molecule has 0 bridgehead atoms. The fourth-order valence-corrected chi connectivity index (χ4v) is 1.65. The minimum Gasteiger partial charge on any atom is -0.506 e. The lowest BCUT2D eigenvalue weighted by Crippen LogP contribution is -2.32. The summed E-state index contributed by atoms with van der Waals surface area (Å²) in [4.78, 5) is 23.2. The summed E-state index contributed by atoms with van der Waals surface area (Å²) < 4.78 is 0. The van der Waals surface area contributed by atoms with Gasteiger partial charge in [0.15, 0.2) is 0 Å². The second-order valence-corrected chi connectivity index (χ2v) is 3.20. The van der Waals surface area contributed by atoms with E-state index in [1.807, 2.05) is 0 Å². The molecule has 0 fully saturated rings. The molecule has 0 saturated carbocycles. The van der Waals surface area contributed by atoms with Crippen LogP contribution >= 0.6 is 0 Å². The first-order valence-electron chi connectivity index (χ1n) is 4.31. The highest BCUT2D eigenvalue weighted by Gasteiger charge is 2.17. The van der Waals surface area contributed by atoms with Gasteiger partial charge in [0.2, 0.25) is 5.78 Å². The number of rotatable bonds is 0.